The van der Waals surface area contributed by atoms with Crippen molar-refractivity contribution < 1.29 is 41.5 Å². The van der Waals surface area contributed by atoms with Crippen molar-refractivity contribution in [3.05, 3.63) is 64.5 Å². The minimum atomic E-state index is -4.79. The first-order valence-corrected chi connectivity index (χ1v) is 13.7. The highest BCUT2D eigenvalue weighted by molar-refractivity contribution is 6.06. The van der Waals surface area contributed by atoms with E-state index in [1.165, 1.54) is 6.07 Å². The van der Waals surface area contributed by atoms with Gasteiger partial charge in [0.05, 0.1) is 5.54 Å². The van der Waals surface area contributed by atoms with Crippen LogP contribution in [0.1, 0.15) is 54.4 Å². The van der Waals surface area contributed by atoms with E-state index in [9.17, 15) is 36.7 Å². The molecule has 2 heterocycles. The van der Waals surface area contributed by atoms with Crippen LogP contribution in [0.5, 0.6) is 0 Å². The van der Waals surface area contributed by atoms with E-state index in [1.54, 1.807) is 18.2 Å². The number of benzene rings is 2. The van der Waals surface area contributed by atoms with Gasteiger partial charge < -0.3 is 20.7 Å². The zero-order valence-corrected chi connectivity index (χ0v) is 22.4. The summed E-state index contributed by atoms with van der Waals surface area (Å²) in [5.41, 5.74) is 5.68. The van der Waals surface area contributed by atoms with E-state index in [0.29, 0.717) is 57.0 Å². The van der Waals surface area contributed by atoms with Crippen LogP contribution in [0.15, 0.2) is 36.4 Å². The summed E-state index contributed by atoms with van der Waals surface area (Å²) in [7, 11) is 0. The van der Waals surface area contributed by atoms with E-state index in [4.69, 9.17) is 10.5 Å². The van der Waals surface area contributed by atoms with Gasteiger partial charge in [-0.15, -0.1) is 0 Å². The van der Waals surface area contributed by atoms with Gasteiger partial charge in [0.1, 0.15) is 18.4 Å². The largest absolute Gasteiger partial charge is 0.427 e. The number of carbonyl (C=O) groups is 4. The Bertz CT molecular complexity index is 1510. The molecule has 6 rings (SSSR count). The van der Waals surface area contributed by atoms with Gasteiger partial charge >= 0.3 is 12.3 Å². The van der Waals surface area contributed by atoms with Gasteiger partial charge in [-0.1, -0.05) is 12.1 Å². The number of hydrogen-bond donors (Lipinski definition) is 2. The van der Waals surface area contributed by atoms with Gasteiger partial charge in [0.2, 0.25) is 17.4 Å². The summed E-state index contributed by atoms with van der Waals surface area (Å²) in [6, 6.07) is 6.20. The molecular formula is C29H28F4N4O5. The van der Waals surface area contributed by atoms with Crippen LogP contribution in [-0.4, -0.2) is 57.9 Å². The van der Waals surface area contributed by atoms with Crippen LogP contribution in [-0.2, 0) is 44.1 Å². The van der Waals surface area contributed by atoms with Crippen molar-refractivity contribution in [1.29, 1.82) is 0 Å². The number of imide groups is 1. The molecule has 1 saturated heterocycles. The molecule has 0 aromatic heterocycles. The molecule has 42 heavy (non-hydrogen) atoms. The Labute approximate surface area is 238 Å². The van der Waals surface area contributed by atoms with Crippen molar-refractivity contribution in [2.45, 2.75) is 74.8 Å². The molecule has 4 aliphatic rings. The van der Waals surface area contributed by atoms with Gasteiger partial charge in [-0.3, -0.25) is 14.4 Å². The number of rotatable bonds is 4. The molecule has 222 valence electrons. The average molecular weight is 589 g/mol. The number of aryl methyl sites for hydroxylation is 2. The van der Waals surface area contributed by atoms with Gasteiger partial charge in [-0.05, 0) is 79.5 Å². The predicted molar refractivity (Wildman–Crippen MR) is 139 cm³/mol. The van der Waals surface area contributed by atoms with Gasteiger partial charge in [0, 0.05) is 24.2 Å². The summed E-state index contributed by atoms with van der Waals surface area (Å²) in [5, 5.41) is 2.79. The summed E-state index contributed by atoms with van der Waals surface area (Å²) in [6.07, 6.45) is -4.08. The fourth-order valence-corrected chi connectivity index (χ4v) is 6.32. The number of nitrogens with two attached hydrogens (primary N) is 1. The maximum absolute atomic E-state index is 14.0. The molecule has 13 heteroatoms. The Kier molecular flexibility index (Phi) is 6.56. The van der Waals surface area contributed by atoms with Crippen LogP contribution in [0, 0.1) is 5.82 Å². The Hall–Kier alpha value is -4.00. The molecule has 3 N–H and O–H groups in total. The smallest absolute Gasteiger partial charge is 0.418 e. The molecule has 2 atom stereocenters. The summed E-state index contributed by atoms with van der Waals surface area (Å²) >= 11 is 0. The summed E-state index contributed by atoms with van der Waals surface area (Å²) < 4.78 is 61.4. The number of ether oxygens (including phenoxy) is 1. The molecule has 9 nitrogen and oxygen atoms in total. The van der Waals surface area contributed by atoms with E-state index in [2.05, 4.69) is 5.32 Å². The highest BCUT2D eigenvalue weighted by Crippen LogP contribution is 2.46. The van der Waals surface area contributed by atoms with Crippen LogP contribution < -0.4 is 11.1 Å². The molecule has 1 unspecified atom stereocenters. The minimum absolute atomic E-state index is 0.0731. The summed E-state index contributed by atoms with van der Waals surface area (Å²) in [4.78, 5) is 53.5. The molecule has 4 amide bonds. The normalized spacial score (nSPS) is 24.5. The first-order chi connectivity index (χ1) is 19.8. The van der Waals surface area contributed by atoms with Crippen LogP contribution in [0.2, 0.25) is 0 Å². The lowest BCUT2D eigenvalue weighted by Crippen LogP contribution is -2.56. The number of nitrogens with zero attached hydrogens (tertiary/aromatic N) is 2. The van der Waals surface area contributed by atoms with E-state index >= 15 is 0 Å². The highest BCUT2D eigenvalue weighted by Gasteiger charge is 2.59. The monoisotopic (exact) mass is 588 g/mol. The zero-order valence-electron chi connectivity index (χ0n) is 22.4. The van der Waals surface area contributed by atoms with Crippen molar-refractivity contribution in [3.8, 4) is 0 Å². The van der Waals surface area contributed by atoms with Crippen molar-refractivity contribution in [3.63, 3.8) is 0 Å². The number of hydrogen-bond acceptors (Lipinski definition) is 6. The Morgan fingerprint density at radius 2 is 1.79 bits per heavy atom. The minimum Gasteiger partial charge on any atom is -0.427 e. The third kappa shape index (κ3) is 4.59. The van der Waals surface area contributed by atoms with E-state index in [0.717, 1.165) is 18.6 Å². The second-order valence-electron chi connectivity index (χ2n) is 11.5. The molecular weight excluding hydrogens is 560 g/mol. The third-order valence-electron chi connectivity index (χ3n) is 8.88. The first-order valence-electron chi connectivity index (χ1n) is 13.7. The van der Waals surface area contributed by atoms with Gasteiger partial charge in [-0.25, -0.2) is 14.1 Å². The van der Waals surface area contributed by atoms with E-state index in [-0.39, 0.29) is 18.7 Å². The van der Waals surface area contributed by atoms with E-state index < -0.39 is 66.6 Å². The highest BCUT2D eigenvalue weighted by atomic mass is 19.4. The fourth-order valence-electron chi connectivity index (χ4n) is 6.32. The molecule has 2 aliphatic heterocycles. The van der Waals surface area contributed by atoms with Crippen LogP contribution in [0.25, 0.3) is 0 Å². The molecule has 0 radical (unpaired) electrons. The number of amides is 4. The zero-order chi connectivity index (χ0) is 30.0. The number of nitrogens with one attached hydrogen (secondary N) is 1. The molecule has 2 aromatic carbocycles. The van der Waals surface area contributed by atoms with Crippen molar-refractivity contribution in [1.82, 2.24) is 9.80 Å². The lowest BCUT2D eigenvalue weighted by Gasteiger charge is -2.36. The number of fused-ring (bicyclic) bond motifs is 3. The fraction of sp³-hybridized carbons (Fsp3) is 0.448. The van der Waals surface area contributed by atoms with Gasteiger partial charge in [0.25, 0.3) is 5.91 Å². The van der Waals surface area contributed by atoms with Crippen LogP contribution in [0.3, 0.4) is 0 Å². The average Bonchev–Trinajstić information content (AvgIpc) is 3.28. The van der Waals surface area contributed by atoms with Gasteiger partial charge in [0.15, 0.2) is 0 Å². The van der Waals surface area contributed by atoms with Crippen molar-refractivity contribution in [2.75, 3.05) is 11.9 Å². The van der Waals surface area contributed by atoms with E-state index in [1.807, 2.05) is 0 Å². The molecule has 1 saturated carbocycles. The lowest BCUT2D eigenvalue weighted by molar-refractivity contribution is -0.192. The SMILES string of the molecule is NC1(C(=O)Nc2ccc3c(c2)CCC32OC(=O)N(CC(=O)N3Cc4ccc(F)cc4CC[C@H]3C(F)(F)F)C2=O)CCC1. The molecule has 2 aromatic rings. The summed E-state index contributed by atoms with van der Waals surface area (Å²) in [5.74, 6) is -2.83. The molecule has 0 bridgehead atoms. The first kappa shape index (κ1) is 28.1. The third-order valence-corrected chi connectivity index (χ3v) is 8.88. The second kappa shape index (κ2) is 9.79. The summed E-state index contributed by atoms with van der Waals surface area (Å²) in [6.45, 7) is -1.40. The topological polar surface area (TPSA) is 122 Å². The lowest BCUT2D eigenvalue weighted by atomic mass is 9.77. The van der Waals surface area contributed by atoms with Gasteiger partial charge in [-0.2, -0.15) is 13.2 Å². The standard InChI is InChI=1S/C29H28F4N4O5/c30-19-4-2-18-14-36(22(29(31,32)33)7-3-16(18)12-19)23(38)15-37-25(40)28(42-26(37)41)11-8-17-13-20(5-6-21(17)28)35-24(39)27(34)9-1-10-27/h2,4-6,12-13,22H,1,3,7-11,14-15,34H2,(H,35,39)/t22-,28?/m0/s1. The molecule has 1 spiro atoms. The maximum Gasteiger partial charge on any atom is 0.418 e. The maximum atomic E-state index is 14.0. The predicted octanol–water partition coefficient (Wildman–Crippen LogP) is 3.67. The number of alkyl halides is 3. The number of anilines is 1. The van der Waals surface area contributed by atoms with Crippen LogP contribution in [0.4, 0.5) is 28.0 Å². The second-order valence-corrected chi connectivity index (χ2v) is 11.5. The molecule has 2 aliphatic carbocycles. The number of halogens is 4. The molecule has 2 fully saturated rings. The number of carbonyl (C=O) groups excluding carboxylic acids is 4. The van der Waals surface area contributed by atoms with Crippen molar-refractivity contribution >= 4 is 29.5 Å². The Morgan fingerprint density at radius 1 is 1.02 bits per heavy atom. The quantitative estimate of drug-likeness (QED) is 0.526. The Balaban J connectivity index is 1.22. The van der Waals surface area contributed by atoms with Crippen molar-refractivity contribution in [2.24, 2.45) is 5.73 Å². The Morgan fingerprint density at radius 3 is 2.48 bits per heavy atom. The van der Waals surface area contributed by atoms with Crippen LogP contribution >= 0.6 is 0 Å².